The molecule has 7 nitrogen and oxygen atoms in total. The van der Waals surface area contributed by atoms with Crippen molar-refractivity contribution in [3.8, 4) is 0 Å². The van der Waals surface area contributed by atoms with Gasteiger partial charge in [-0.25, -0.2) is 17.9 Å². The van der Waals surface area contributed by atoms with Crippen LogP contribution in [-0.2, 0) is 19.6 Å². The Morgan fingerprint density at radius 2 is 1.64 bits per heavy atom. The van der Waals surface area contributed by atoms with Gasteiger partial charge in [-0.2, -0.15) is 0 Å². The highest BCUT2D eigenvalue weighted by molar-refractivity contribution is 7.89. The summed E-state index contributed by atoms with van der Waals surface area (Å²) in [5, 5.41) is 3.09. The Balaban J connectivity index is 1.91. The normalized spacial score (nSPS) is 11.0. The first kappa shape index (κ1) is 18.9. The summed E-state index contributed by atoms with van der Waals surface area (Å²) in [4.78, 5) is 23.7. The second-order valence-electron chi connectivity index (χ2n) is 4.86. The minimum Gasteiger partial charge on any atom is -0.452 e. The third-order valence-electron chi connectivity index (χ3n) is 3.13. The van der Waals surface area contributed by atoms with E-state index in [1.54, 1.807) is 24.3 Å². The van der Waals surface area contributed by atoms with E-state index in [0.29, 0.717) is 10.7 Å². The fourth-order valence-corrected chi connectivity index (χ4v) is 2.69. The molecule has 0 aromatic heterocycles. The largest absolute Gasteiger partial charge is 0.452 e. The first-order valence-corrected chi connectivity index (χ1v) is 8.94. The summed E-state index contributed by atoms with van der Waals surface area (Å²) in [5.41, 5.74) is 0.654. The predicted octanol–water partition coefficient (Wildman–Crippen LogP) is 2.04. The fraction of sp³-hybridized carbons (Fsp3) is 0.125. The number of carbonyl (C=O) groups excluding carboxylic acids is 2. The van der Waals surface area contributed by atoms with Gasteiger partial charge in [0.25, 0.3) is 5.91 Å². The molecule has 0 bridgehead atoms. The number of sulfonamides is 1. The Morgan fingerprint density at radius 1 is 1.04 bits per heavy atom. The lowest BCUT2D eigenvalue weighted by molar-refractivity contribution is -0.119. The van der Waals surface area contributed by atoms with Crippen LogP contribution in [0.25, 0.3) is 0 Å². The number of hydrogen-bond donors (Lipinski definition) is 2. The van der Waals surface area contributed by atoms with E-state index < -0.39 is 28.5 Å². The van der Waals surface area contributed by atoms with Crippen LogP contribution in [0.5, 0.6) is 0 Å². The summed E-state index contributed by atoms with van der Waals surface area (Å²) in [6.45, 7) is -0.474. The molecule has 2 N–H and O–H groups in total. The highest BCUT2D eigenvalue weighted by Gasteiger charge is 2.14. The molecule has 0 radical (unpaired) electrons. The molecule has 2 rings (SSSR count). The first-order chi connectivity index (χ1) is 11.8. The van der Waals surface area contributed by atoms with Crippen LogP contribution in [0.15, 0.2) is 53.4 Å². The van der Waals surface area contributed by atoms with Crippen molar-refractivity contribution in [1.82, 2.24) is 4.72 Å². The molecule has 0 aliphatic rings. The van der Waals surface area contributed by atoms with Gasteiger partial charge in [0.1, 0.15) is 0 Å². The van der Waals surface area contributed by atoms with E-state index in [2.05, 4.69) is 10.0 Å². The molecule has 0 spiro atoms. The molecule has 2 aromatic rings. The lowest BCUT2D eigenvalue weighted by Gasteiger charge is -2.07. The maximum atomic E-state index is 11.9. The van der Waals surface area contributed by atoms with Gasteiger partial charge in [0, 0.05) is 10.7 Å². The second-order valence-corrected chi connectivity index (χ2v) is 7.19. The Labute approximate surface area is 150 Å². The van der Waals surface area contributed by atoms with E-state index in [1.165, 1.54) is 31.3 Å². The molecule has 132 valence electrons. The zero-order chi connectivity index (χ0) is 18.4. The number of benzene rings is 2. The van der Waals surface area contributed by atoms with Crippen molar-refractivity contribution >= 4 is 39.2 Å². The Morgan fingerprint density at radius 3 is 2.20 bits per heavy atom. The topological polar surface area (TPSA) is 102 Å². The molecule has 0 aliphatic carbocycles. The maximum Gasteiger partial charge on any atom is 0.338 e. The molecule has 0 saturated heterocycles. The van der Waals surface area contributed by atoms with Crippen LogP contribution in [0.2, 0.25) is 5.02 Å². The number of carbonyl (C=O) groups is 2. The SMILES string of the molecule is CNS(=O)(=O)c1ccc(C(=O)OCC(=O)Nc2ccc(Cl)cc2)cc1. The molecule has 0 heterocycles. The summed E-state index contributed by atoms with van der Waals surface area (Å²) in [5.74, 6) is -1.25. The zero-order valence-electron chi connectivity index (χ0n) is 13.2. The number of anilines is 1. The summed E-state index contributed by atoms with van der Waals surface area (Å²) in [6.07, 6.45) is 0. The second kappa shape index (κ2) is 8.11. The van der Waals surface area contributed by atoms with E-state index in [4.69, 9.17) is 16.3 Å². The quantitative estimate of drug-likeness (QED) is 0.744. The van der Waals surface area contributed by atoms with Gasteiger partial charge in [-0.15, -0.1) is 0 Å². The molecule has 0 unspecified atom stereocenters. The first-order valence-electron chi connectivity index (χ1n) is 7.08. The molecule has 2 aromatic carbocycles. The van der Waals surface area contributed by atoms with E-state index in [0.717, 1.165) is 0 Å². The van der Waals surface area contributed by atoms with E-state index >= 15 is 0 Å². The van der Waals surface area contributed by atoms with Gasteiger partial charge in [-0.05, 0) is 55.6 Å². The van der Waals surface area contributed by atoms with Crippen LogP contribution in [0.1, 0.15) is 10.4 Å². The number of amides is 1. The molecule has 9 heteroatoms. The predicted molar refractivity (Wildman–Crippen MR) is 93.1 cm³/mol. The van der Waals surface area contributed by atoms with Gasteiger partial charge in [0.05, 0.1) is 10.5 Å². The van der Waals surface area contributed by atoms with Crippen LogP contribution in [0, 0.1) is 0 Å². The van der Waals surface area contributed by atoms with Crippen molar-refractivity contribution in [1.29, 1.82) is 0 Å². The summed E-state index contributed by atoms with van der Waals surface area (Å²) in [6, 6.07) is 11.6. The van der Waals surface area contributed by atoms with Crippen LogP contribution in [-0.4, -0.2) is 33.9 Å². The third-order valence-corrected chi connectivity index (χ3v) is 4.81. The van der Waals surface area contributed by atoms with Crippen LogP contribution >= 0.6 is 11.6 Å². The smallest absolute Gasteiger partial charge is 0.338 e. The molecular formula is C16H15ClN2O5S. The monoisotopic (exact) mass is 382 g/mol. The van der Waals surface area contributed by atoms with Gasteiger partial charge >= 0.3 is 5.97 Å². The van der Waals surface area contributed by atoms with Gasteiger partial charge in [-0.3, -0.25) is 4.79 Å². The van der Waals surface area contributed by atoms with E-state index in [-0.39, 0.29) is 10.5 Å². The van der Waals surface area contributed by atoms with E-state index in [9.17, 15) is 18.0 Å². The van der Waals surface area contributed by atoms with Crippen molar-refractivity contribution < 1.29 is 22.7 Å². The zero-order valence-corrected chi connectivity index (χ0v) is 14.7. The number of ether oxygens (including phenoxy) is 1. The summed E-state index contributed by atoms with van der Waals surface area (Å²) < 4.78 is 30.3. The Kier molecular flexibility index (Phi) is 6.13. The molecule has 1 amide bonds. The van der Waals surface area contributed by atoms with Gasteiger partial charge in [0.15, 0.2) is 6.61 Å². The number of halogens is 1. The number of nitrogens with one attached hydrogen (secondary N) is 2. The highest BCUT2D eigenvalue weighted by atomic mass is 35.5. The molecule has 0 atom stereocenters. The minimum absolute atomic E-state index is 0.0204. The lowest BCUT2D eigenvalue weighted by atomic mass is 10.2. The molecule has 0 aliphatic heterocycles. The molecule has 0 fully saturated rings. The summed E-state index contributed by atoms with van der Waals surface area (Å²) in [7, 11) is -2.29. The van der Waals surface area contributed by atoms with Gasteiger partial charge in [0.2, 0.25) is 10.0 Å². The average molecular weight is 383 g/mol. The highest BCUT2D eigenvalue weighted by Crippen LogP contribution is 2.14. The van der Waals surface area contributed by atoms with Crippen LogP contribution in [0.3, 0.4) is 0 Å². The number of hydrogen-bond acceptors (Lipinski definition) is 5. The standard InChI is InChI=1S/C16H15ClN2O5S/c1-18-25(22,23)14-8-2-11(3-9-14)16(21)24-10-15(20)19-13-6-4-12(17)5-7-13/h2-9,18H,10H2,1H3,(H,19,20). The average Bonchev–Trinajstić information content (AvgIpc) is 2.61. The molecular weight excluding hydrogens is 368 g/mol. The Bertz CT molecular complexity index is 864. The fourth-order valence-electron chi connectivity index (χ4n) is 1.83. The van der Waals surface area contributed by atoms with Crippen molar-refractivity contribution in [2.24, 2.45) is 0 Å². The summed E-state index contributed by atoms with van der Waals surface area (Å²) >= 11 is 5.74. The van der Waals surface area contributed by atoms with Gasteiger partial charge in [-0.1, -0.05) is 11.6 Å². The lowest BCUT2D eigenvalue weighted by Crippen LogP contribution is -2.21. The van der Waals surface area contributed by atoms with Crippen molar-refractivity contribution in [2.45, 2.75) is 4.90 Å². The van der Waals surface area contributed by atoms with Crippen molar-refractivity contribution in [3.05, 3.63) is 59.1 Å². The number of esters is 1. The van der Waals surface area contributed by atoms with E-state index in [1.807, 2.05) is 0 Å². The maximum absolute atomic E-state index is 11.9. The van der Waals surface area contributed by atoms with Crippen LogP contribution in [0.4, 0.5) is 5.69 Å². The molecule has 0 saturated carbocycles. The van der Waals surface area contributed by atoms with Crippen molar-refractivity contribution in [3.63, 3.8) is 0 Å². The van der Waals surface area contributed by atoms with Crippen molar-refractivity contribution in [2.75, 3.05) is 19.0 Å². The molecule has 25 heavy (non-hydrogen) atoms. The number of rotatable bonds is 6. The minimum atomic E-state index is -3.58. The Hall–Kier alpha value is -2.42. The van der Waals surface area contributed by atoms with Crippen LogP contribution < -0.4 is 10.0 Å². The van der Waals surface area contributed by atoms with Gasteiger partial charge < -0.3 is 10.1 Å². The third kappa shape index (κ3) is 5.28.